The third-order valence-corrected chi connectivity index (χ3v) is 7.08. The summed E-state index contributed by atoms with van der Waals surface area (Å²) in [5.74, 6) is -4.41. The molecular formula is C27H33F6N5O8. The number of alkyl halides is 6. The molecule has 3 heterocycles. The van der Waals surface area contributed by atoms with Gasteiger partial charge in [-0.05, 0) is 43.2 Å². The van der Waals surface area contributed by atoms with Crippen LogP contribution in [0.1, 0.15) is 49.2 Å². The molecule has 2 saturated heterocycles. The van der Waals surface area contributed by atoms with Gasteiger partial charge in [-0.1, -0.05) is 32.0 Å². The molecule has 1 spiro atoms. The number of hydrogen-bond acceptors (Lipinski definition) is 8. The van der Waals surface area contributed by atoms with E-state index in [0.717, 1.165) is 50.8 Å². The Bertz CT molecular complexity index is 1330. The first-order valence-electron chi connectivity index (χ1n) is 13.8. The van der Waals surface area contributed by atoms with Gasteiger partial charge in [0, 0.05) is 31.7 Å². The first-order chi connectivity index (χ1) is 21.3. The Morgan fingerprint density at radius 3 is 2.04 bits per heavy atom. The molecule has 3 N–H and O–H groups in total. The summed E-state index contributed by atoms with van der Waals surface area (Å²) < 4.78 is 69.5. The van der Waals surface area contributed by atoms with Crippen molar-refractivity contribution in [3.63, 3.8) is 0 Å². The first-order valence-corrected chi connectivity index (χ1v) is 13.8. The fourth-order valence-electron chi connectivity index (χ4n) is 4.76. The van der Waals surface area contributed by atoms with Crippen LogP contribution in [-0.4, -0.2) is 98.1 Å². The lowest BCUT2D eigenvalue weighted by Crippen LogP contribution is -2.44. The van der Waals surface area contributed by atoms with Crippen LogP contribution in [0, 0.1) is 21.4 Å². The molecule has 19 heteroatoms. The lowest BCUT2D eigenvalue weighted by atomic mass is 9.77. The van der Waals surface area contributed by atoms with Crippen molar-refractivity contribution < 1.29 is 60.6 Å². The quantitative estimate of drug-likeness (QED) is 0.212. The number of amides is 1. The monoisotopic (exact) mass is 669 g/mol. The standard InChI is InChI=1S/C23H31N5O4.2C2HF3O2/c1-17(2)15-32-20-6-4-3-5-18(20)14-26-10-7-23(16-26)8-11-27(12-9-23)22(29)21-19(28(30)31)13-24-25-21;2*3-2(4,5)1(6)7/h3-6,13,17H,7-12,14-16H2,1-2H3,(H,24,25);2*(H,6,7). The van der Waals surface area contributed by atoms with Gasteiger partial charge in [-0.2, -0.15) is 31.4 Å². The van der Waals surface area contributed by atoms with Crippen LogP contribution >= 0.6 is 0 Å². The fourth-order valence-corrected chi connectivity index (χ4v) is 4.76. The van der Waals surface area contributed by atoms with E-state index in [-0.39, 0.29) is 22.7 Å². The molecule has 0 unspecified atom stereocenters. The number of carboxylic acid groups (broad SMARTS) is 2. The lowest BCUT2D eigenvalue weighted by Gasteiger charge is -2.39. The van der Waals surface area contributed by atoms with Crippen LogP contribution in [0.3, 0.4) is 0 Å². The molecule has 1 amide bonds. The summed E-state index contributed by atoms with van der Waals surface area (Å²) in [6, 6.07) is 8.26. The summed E-state index contributed by atoms with van der Waals surface area (Å²) in [4.78, 5) is 45.3. The van der Waals surface area contributed by atoms with E-state index in [1.807, 2.05) is 12.1 Å². The van der Waals surface area contributed by atoms with Gasteiger partial charge in [0.1, 0.15) is 11.9 Å². The smallest absolute Gasteiger partial charge is 0.490 e. The molecule has 0 aliphatic carbocycles. The number of carboxylic acids is 2. The minimum Gasteiger partial charge on any atom is -0.493 e. The fraction of sp³-hybridized carbons (Fsp3) is 0.556. The predicted molar refractivity (Wildman–Crippen MR) is 147 cm³/mol. The molecule has 13 nitrogen and oxygen atoms in total. The van der Waals surface area contributed by atoms with Gasteiger partial charge in [-0.25, -0.2) is 9.59 Å². The number of likely N-dealkylation sites (tertiary alicyclic amines) is 2. The second-order valence-electron chi connectivity index (χ2n) is 11.1. The molecule has 4 rings (SSSR count). The number of halogens is 6. The zero-order valence-corrected chi connectivity index (χ0v) is 24.7. The number of nitrogens with zero attached hydrogens (tertiary/aromatic N) is 4. The molecule has 2 fully saturated rings. The Morgan fingerprint density at radius 1 is 1.02 bits per heavy atom. The predicted octanol–water partition coefficient (Wildman–Crippen LogP) is 4.75. The summed E-state index contributed by atoms with van der Waals surface area (Å²) in [6.45, 7) is 9.10. The van der Waals surface area contributed by atoms with Crippen LogP contribution in [-0.2, 0) is 16.1 Å². The first kappa shape index (κ1) is 37.8. The van der Waals surface area contributed by atoms with Gasteiger partial charge in [0.25, 0.3) is 5.91 Å². The molecule has 46 heavy (non-hydrogen) atoms. The van der Waals surface area contributed by atoms with E-state index in [1.54, 1.807) is 4.90 Å². The van der Waals surface area contributed by atoms with Crippen molar-refractivity contribution in [3.05, 3.63) is 51.8 Å². The number of carbonyl (C=O) groups is 3. The van der Waals surface area contributed by atoms with Gasteiger partial charge in [0.15, 0.2) is 0 Å². The summed E-state index contributed by atoms with van der Waals surface area (Å²) in [7, 11) is 0. The van der Waals surface area contributed by atoms with Crippen molar-refractivity contribution >= 4 is 23.5 Å². The molecule has 256 valence electrons. The molecule has 0 atom stereocenters. The number of nitrogens with one attached hydrogen (secondary N) is 1. The van der Waals surface area contributed by atoms with Gasteiger partial charge in [0.05, 0.1) is 11.5 Å². The maximum Gasteiger partial charge on any atom is 0.490 e. The van der Waals surface area contributed by atoms with E-state index in [1.165, 1.54) is 5.56 Å². The highest BCUT2D eigenvalue weighted by Crippen LogP contribution is 2.41. The largest absolute Gasteiger partial charge is 0.493 e. The second-order valence-corrected chi connectivity index (χ2v) is 11.1. The van der Waals surface area contributed by atoms with Crippen molar-refractivity contribution in [2.24, 2.45) is 11.3 Å². The van der Waals surface area contributed by atoms with Crippen LogP contribution in [0.15, 0.2) is 30.5 Å². The van der Waals surface area contributed by atoms with E-state index in [0.29, 0.717) is 25.6 Å². The van der Waals surface area contributed by atoms with E-state index < -0.39 is 29.2 Å². The summed E-state index contributed by atoms with van der Waals surface area (Å²) in [6.07, 6.45) is -6.16. The van der Waals surface area contributed by atoms with Crippen LogP contribution in [0.5, 0.6) is 5.75 Å². The van der Waals surface area contributed by atoms with E-state index >= 15 is 0 Å². The lowest BCUT2D eigenvalue weighted by molar-refractivity contribution is -0.385. The number of H-pyrrole nitrogens is 1. The summed E-state index contributed by atoms with van der Waals surface area (Å²) >= 11 is 0. The Balaban J connectivity index is 0.000000440. The van der Waals surface area contributed by atoms with Gasteiger partial charge < -0.3 is 19.8 Å². The number of nitro groups is 1. The van der Waals surface area contributed by atoms with Gasteiger partial charge in [-0.15, -0.1) is 0 Å². The number of rotatable bonds is 7. The molecule has 0 saturated carbocycles. The molecule has 1 aromatic carbocycles. The Hall–Kier alpha value is -4.42. The maximum atomic E-state index is 12.8. The Labute approximate surface area is 258 Å². The highest BCUT2D eigenvalue weighted by atomic mass is 19.4. The van der Waals surface area contributed by atoms with Gasteiger partial charge in [0.2, 0.25) is 5.69 Å². The van der Waals surface area contributed by atoms with Gasteiger partial charge >= 0.3 is 30.0 Å². The number of para-hydroxylation sites is 1. The van der Waals surface area contributed by atoms with Crippen molar-refractivity contribution in [1.82, 2.24) is 20.0 Å². The zero-order chi connectivity index (χ0) is 34.9. The minimum atomic E-state index is -5.08. The number of aromatic nitrogens is 2. The molecule has 2 aromatic rings. The van der Waals surface area contributed by atoms with Crippen LogP contribution < -0.4 is 4.74 Å². The van der Waals surface area contributed by atoms with Crippen molar-refractivity contribution in [1.29, 1.82) is 0 Å². The average molecular weight is 670 g/mol. The maximum absolute atomic E-state index is 12.8. The number of aliphatic carboxylic acids is 2. The number of piperidine rings is 1. The molecule has 0 radical (unpaired) electrons. The normalized spacial score (nSPS) is 16.2. The Kier molecular flexibility index (Phi) is 12.9. The van der Waals surface area contributed by atoms with E-state index in [4.69, 9.17) is 24.5 Å². The van der Waals surface area contributed by atoms with Crippen molar-refractivity contribution in [2.75, 3.05) is 32.8 Å². The number of hydrogen-bond donors (Lipinski definition) is 3. The number of benzene rings is 1. The molecule has 0 bridgehead atoms. The number of aromatic amines is 1. The van der Waals surface area contributed by atoms with E-state index in [9.17, 15) is 41.3 Å². The summed E-state index contributed by atoms with van der Waals surface area (Å²) in [5.41, 5.74) is 1.12. The molecular weight excluding hydrogens is 636 g/mol. The third kappa shape index (κ3) is 11.2. The zero-order valence-electron chi connectivity index (χ0n) is 24.7. The third-order valence-electron chi connectivity index (χ3n) is 7.08. The van der Waals surface area contributed by atoms with Gasteiger partial charge in [-0.3, -0.25) is 24.9 Å². The Morgan fingerprint density at radius 2 is 1.54 bits per heavy atom. The SMILES string of the molecule is CC(C)COc1ccccc1CN1CCC2(CCN(C(=O)c3[nH]ncc3[N+](=O)[O-])CC2)C1.O=C(O)C(F)(F)F.O=C(O)C(F)(F)F. The molecule has 2 aliphatic heterocycles. The van der Waals surface area contributed by atoms with Crippen molar-refractivity contribution in [3.8, 4) is 5.75 Å². The van der Waals surface area contributed by atoms with Crippen molar-refractivity contribution in [2.45, 2.75) is 52.0 Å². The average Bonchev–Trinajstić information content (AvgIpc) is 3.60. The van der Waals surface area contributed by atoms with Crippen LogP contribution in [0.4, 0.5) is 32.0 Å². The highest BCUT2D eigenvalue weighted by molar-refractivity contribution is 5.96. The highest BCUT2D eigenvalue weighted by Gasteiger charge is 2.42. The topological polar surface area (TPSA) is 179 Å². The van der Waals surface area contributed by atoms with Crippen LogP contribution in [0.2, 0.25) is 0 Å². The number of carbonyl (C=O) groups excluding carboxylic acids is 1. The molecule has 1 aromatic heterocycles. The second kappa shape index (κ2) is 15.7. The minimum absolute atomic E-state index is 0.0306. The summed E-state index contributed by atoms with van der Waals surface area (Å²) in [5, 5.41) is 31.5. The van der Waals surface area contributed by atoms with E-state index in [2.05, 4.69) is 41.1 Å². The van der Waals surface area contributed by atoms with Crippen LogP contribution in [0.25, 0.3) is 0 Å². The number of ether oxygens (including phenoxy) is 1. The molecule has 2 aliphatic rings.